The molecular formula is C53H62Cl2Zr-2. The topological polar surface area (TPSA) is 0 Å². The predicted octanol–water partition coefficient (Wildman–Crippen LogP) is 8.12. The van der Waals surface area contributed by atoms with Crippen LogP contribution in [-0.2, 0) is 41.5 Å². The molecule has 4 aromatic rings. The fourth-order valence-electron chi connectivity index (χ4n) is 10.7. The van der Waals surface area contributed by atoms with Crippen LogP contribution < -0.4 is 24.8 Å². The molecule has 4 aromatic carbocycles. The van der Waals surface area contributed by atoms with E-state index in [9.17, 15) is 0 Å². The van der Waals surface area contributed by atoms with Crippen LogP contribution >= 0.6 is 0 Å². The molecule has 1 unspecified atom stereocenters. The minimum absolute atomic E-state index is 0. The van der Waals surface area contributed by atoms with Gasteiger partial charge in [0.2, 0.25) is 0 Å². The van der Waals surface area contributed by atoms with Gasteiger partial charge < -0.3 is 24.8 Å². The molecule has 0 nitrogen and oxygen atoms in total. The van der Waals surface area contributed by atoms with E-state index in [1.807, 2.05) is 0 Å². The Balaban J connectivity index is 0.000000218. The van der Waals surface area contributed by atoms with Gasteiger partial charge in [-0.25, -0.2) is 6.08 Å². The van der Waals surface area contributed by atoms with Crippen LogP contribution in [0.2, 0.25) is 0 Å². The van der Waals surface area contributed by atoms with Crippen molar-refractivity contribution in [3.05, 3.63) is 131 Å². The molecule has 0 amide bonds. The Hall–Kier alpha value is -2.31. The first-order valence-corrected chi connectivity index (χ1v) is 22.0. The molecule has 56 heavy (non-hydrogen) atoms. The average molecular weight is 861 g/mol. The Kier molecular flexibility index (Phi) is 14.0. The van der Waals surface area contributed by atoms with Crippen molar-refractivity contribution < 1.29 is 49.0 Å². The van der Waals surface area contributed by atoms with E-state index in [-0.39, 0.29) is 35.6 Å². The summed E-state index contributed by atoms with van der Waals surface area (Å²) < 4.78 is 1.51. The molecule has 4 fully saturated rings. The maximum atomic E-state index is 3.88. The monoisotopic (exact) mass is 858 g/mol. The zero-order valence-corrected chi connectivity index (χ0v) is 39.5. The zero-order valence-electron chi connectivity index (χ0n) is 35.5. The van der Waals surface area contributed by atoms with Gasteiger partial charge >= 0.3 is 41.3 Å². The number of fused-ring (bicyclic) bond motifs is 3. The van der Waals surface area contributed by atoms with Gasteiger partial charge in [-0.2, -0.15) is 11.6 Å². The maximum Gasteiger partial charge on any atom is -1.00 e. The van der Waals surface area contributed by atoms with E-state index < -0.39 is 0 Å². The molecule has 0 spiro atoms. The van der Waals surface area contributed by atoms with Crippen LogP contribution in [0, 0.1) is 47.1 Å². The fourth-order valence-corrected chi connectivity index (χ4v) is 10.7. The molecule has 1 atom stereocenters. The minimum Gasteiger partial charge on any atom is -1.00 e. The number of hydrogen-bond donors (Lipinski definition) is 0. The standard InChI is InChI=1S/C33H33.C17H23.C3H6.2ClH.Zr/c1-32(2,3)30-20-26-24(18-28(30)22-13-9-7-10-14-22)17-25-19-29(23-15-11-8-12-16-23)31(21-27(25)26)33(4,5)6;1-11-3-4-14(5-11)17(2)15-7-12-6-13(9-15)10-16(17)8-12;1-3-2;;;/h7-16,18,20-21H,17H2,1-6H3;4-5,11-13,15-16H,6-10H2,1-2H3;1-2H3;2*1H;/q2*-1;;;;+2/p-2. The Morgan fingerprint density at radius 2 is 1.18 bits per heavy atom. The molecule has 0 saturated heterocycles. The van der Waals surface area contributed by atoms with E-state index in [4.69, 9.17) is 0 Å². The fraction of sp³-hybridized carbons (Fsp3) is 0.453. The van der Waals surface area contributed by atoms with Gasteiger partial charge in [0.1, 0.15) is 0 Å². The summed E-state index contributed by atoms with van der Waals surface area (Å²) in [5, 5.41) is 0. The first-order chi connectivity index (χ1) is 25.5. The van der Waals surface area contributed by atoms with Crippen molar-refractivity contribution in [2.45, 2.75) is 119 Å². The summed E-state index contributed by atoms with van der Waals surface area (Å²) in [7, 11) is 0. The SMILES string of the molecule is CC(C)(C)c1cc2c([c-]c1-c1ccccc1)Cc1cc(-c3ccccc3)c(C(C)(C)C)cc1-2.CC1[C-]=CC(C2(C)C3CC4CC(C3)CC2C4)=C1.C[C](C)=[Zr+2].[Cl-].[Cl-]. The summed E-state index contributed by atoms with van der Waals surface area (Å²) in [5.74, 6) is 4.68. The first kappa shape index (κ1) is 44.8. The largest absolute Gasteiger partial charge is 1.00 e. The van der Waals surface area contributed by atoms with Crippen molar-refractivity contribution in [2.24, 2.45) is 35.0 Å². The van der Waals surface area contributed by atoms with Crippen LogP contribution in [0.4, 0.5) is 0 Å². The number of rotatable bonds is 3. The van der Waals surface area contributed by atoms with Crippen molar-refractivity contribution in [1.82, 2.24) is 0 Å². The van der Waals surface area contributed by atoms with Crippen LogP contribution in [0.5, 0.6) is 0 Å². The predicted molar refractivity (Wildman–Crippen MR) is 228 cm³/mol. The number of halogens is 2. The van der Waals surface area contributed by atoms with Gasteiger partial charge in [0.15, 0.2) is 0 Å². The van der Waals surface area contributed by atoms with E-state index in [1.165, 1.54) is 84.5 Å². The second-order valence-electron chi connectivity index (χ2n) is 19.7. The number of allylic oxidation sites excluding steroid dienone is 4. The van der Waals surface area contributed by atoms with Crippen molar-refractivity contribution >= 4 is 3.21 Å². The summed E-state index contributed by atoms with van der Waals surface area (Å²) in [4.78, 5) is 0. The normalized spacial score (nSPS) is 25.0. The van der Waals surface area contributed by atoms with Gasteiger partial charge in [0.25, 0.3) is 0 Å². The minimum atomic E-state index is 0. The Morgan fingerprint density at radius 1 is 0.679 bits per heavy atom. The van der Waals surface area contributed by atoms with Gasteiger partial charge in [0.05, 0.1) is 0 Å². The molecular weight excluding hydrogens is 799 g/mol. The van der Waals surface area contributed by atoms with Crippen LogP contribution in [-0.4, -0.2) is 3.21 Å². The first-order valence-electron chi connectivity index (χ1n) is 20.7. The molecule has 10 rings (SSSR count). The van der Waals surface area contributed by atoms with Gasteiger partial charge in [-0.3, -0.25) is 6.08 Å². The van der Waals surface area contributed by atoms with E-state index in [0.29, 0.717) is 11.3 Å². The summed E-state index contributed by atoms with van der Waals surface area (Å²) >= 11 is 1.55. The quantitative estimate of drug-likeness (QED) is 0.161. The third kappa shape index (κ3) is 9.12. The molecule has 4 saturated carbocycles. The molecule has 4 bridgehead atoms. The average Bonchev–Trinajstić information content (AvgIpc) is 3.72. The van der Waals surface area contributed by atoms with Crippen LogP contribution in [0.25, 0.3) is 33.4 Å². The molecule has 294 valence electrons. The van der Waals surface area contributed by atoms with E-state index >= 15 is 0 Å². The molecule has 3 heteroatoms. The second-order valence-corrected chi connectivity index (χ2v) is 22.2. The molecule has 0 radical (unpaired) electrons. The molecule has 0 N–H and O–H groups in total. The van der Waals surface area contributed by atoms with Gasteiger partial charge in [-0.05, 0) is 95.3 Å². The maximum absolute atomic E-state index is 3.88. The summed E-state index contributed by atoms with van der Waals surface area (Å²) in [6.07, 6.45) is 16.9. The summed E-state index contributed by atoms with van der Waals surface area (Å²) in [6, 6.07) is 32.8. The van der Waals surface area contributed by atoms with E-state index in [2.05, 4.69) is 172 Å². The van der Waals surface area contributed by atoms with Crippen LogP contribution in [0.15, 0.2) is 96.6 Å². The van der Waals surface area contributed by atoms with Crippen molar-refractivity contribution in [1.29, 1.82) is 0 Å². The third-order valence-electron chi connectivity index (χ3n) is 13.2. The van der Waals surface area contributed by atoms with Crippen molar-refractivity contribution in [2.75, 3.05) is 0 Å². The summed E-state index contributed by atoms with van der Waals surface area (Å²) in [5.41, 5.74) is 15.6. The van der Waals surface area contributed by atoms with Crippen molar-refractivity contribution in [3.8, 4) is 33.4 Å². The van der Waals surface area contributed by atoms with Crippen molar-refractivity contribution in [3.63, 3.8) is 0 Å². The van der Waals surface area contributed by atoms with Gasteiger partial charge in [-0.15, -0.1) is 28.8 Å². The van der Waals surface area contributed by atoms with E-state index in [1.54, 1.807) is 36.2 Å². The smallest absolute Gasteiger partial charge is 1.00 e. The Bertz CT molecular complexity index is 1940. The third-order valence-corrected chi connectivity index (χ3v) is 13.2. The van der Waals surface area contributed by atoms with Crippen LogP contribution in [0.3, 0.4) is 0 Å². The van der Waals surface area contributed by atoms with Gasteiger partial charge in [-0.1, -0.05) is 156 Å². The molecule has 6 aliphatic carbocycles. The number of hydrogen-bond acceptors (Lipinski definition) is 0. The van der Waals surface area contributed by atoms with E-state index in [0.717, 1.165) is 30.1 Å². The van der Waals surface area contributed by atoms with Gasteiger partial charge in [0, 0.05) is 0 Å². The second kappa shape index (κ2) is 17.5. The summed E-state index contributed by atoms with van der Waals surface area (Å²) in [6.45, 7) is 23.0. The molecule has 0 aliphatic heterocycles. The Labute approximate surface area is 367 Å². The van der Waals surface area contributed by atoms with Crippen LogP contribution in [0.1, 0.15) is 124 Å². The molecule has 0 heterocycles. The molecule has 6 aliphatic rings. The Morgan fingerprint density at radius 3 is 1.66 bits per heavy atom. The number of benzene rings is 4. The zero-order chi connectivity index (χ0) is 38.6. The molecule has 0 aromatic heterocycles.